The molecule has 0 aliphatic heterocycles. The van der Waals surface area contributed by atoms with Crippen molar-refractivity contribution in [2.24, 2.45) is 0 Å². The molecule has 1 N–H and O–H groups in total. The van der Waals surface area contributed by atoms with Crippen LogP contribution in [-0.2, 0) is 0 Å². The second-order valence-corrected chi connectivity index (χ2v) is 3.40. The van der Waals surface area contributed by atoms with Crippen LogP contribution in [0.15, 0.2) is 17.8 Å². The van der Waals surface area contributed by atoms with Crippen molar-refractivity contribution >= 4 is 11.3 Å². The van der Waals surface area contributed by atoms with E-state index < -0.39 is 0 Å². The molecule has 0 saturated carbocycles. The minimum atomic E-state index is 0.842. The maximum Gasteiger partial charge on any atom is 0.156 e. The molecule has 0 amide bonds. The highest BCUT2D eigenvalue weighted by Crippen LogP contribution is 2.20. The molecule has 2 rings (SSSR count). The minimum Gasteiger partial charge on any atom is -0.259 e. The van der Waals surface area contributed by atoms with Crippen LogP contribution in [0.2, 0.25) is 0 Å². The summed E-state index contributed by atoms with van der Waals surface area (Å²) in [6.07, 6.45) is 1.52. The molecule has 2 aromatic heterocycles. The number of hydrogen-bond acceptors (Lipinski definition) is 3. The summed E-state index contributed by atoms with van der Waals surface area (Å²) in [6, 6.07) is 2.09. The summed E-state index contributed by atoms with van der Waals surface area (Å²) in [7, 11) is 0. The van der Waals surface area contributed by atoms with Gasteiger partial charge in [0.2, 0.25) is 0 Å². The van der Waals surface area contributed by atoms with E-state index in [1.165, 1.54) is 11.2 Å². The van der Waals surface area contributed by atoms with Crippen LogP contribution in [0.4, 0.5) is 0 Å². The molecule has 0 aliphatic rings. The smallest absolute Gasteiger partial charge is 0.156 e. The lowest BCUT2D eigenvalue weighted by Gasteiger charge is -1.84. The van der Waals surface area contributed by atoms with Crippen LogP contribution in [0.25, 0.3) is 11.4 Å². The van der Waals surface area contributed by atoms with E-state index in [1.54, 1.807) is 11.3 Å². The Bertz CT molecular complexity index is 336. The quantitative estimate of drug-likeness (QED) is 0.700. The molecule has 0 radical (unpaired) electrons. The minimum absolute atomic E-state index is 0.842. The highest BCUT2D eigenvalue weighted by molar-refractivity contribution is 7.10. The van der Waals surface area contributed by atoms with Crippen molar-refractivity contribution in [3.63, 3.8) is 0 Å². The van der Waals surface area contributed by atoms with Gasteiger partial charge in [-0.1, -0.05) is 0 Å². The molecule has 0 atom stereocenters. The van der Waals surface area contributed by atoms with Gasteiger partial charge in [-0.15, -0.1) is 11.3 Å². The molecule has 2 heterocycles. The Labute approximate surface area is 68.1 Å². The van der Waals surface area contributed by atoms with Crippen molar-refractivity contribution in [2.45, 2.75) is 6.92 Å². The summed E-state index contributed by atoms with van der Waals surface area (Å²) in [5, 5.41) is 8.65. The summed E-state index contributed by atoms with van der Waals surface area (Å²) >= 11 is 1.71. The number of aromatic amines is 1. The molecular formula is C7H7N3S. The fourth-order valence-electron chi connectivity index (χ4n) is 0.912. The topological polar surface area (TPSA) is 41.6 Å². The van der Waals surface area contributed by atoms with E-state index >= 15 is 0 Å². The highest BCUT2D eigenvalue weighted by atomic mass is 32.1. The lowest BCUT2D eigenvalue weighted by atomic mass is 10.3. The van der Waals surface area contributed by atoms with Gasteiger partial charge in [0.25, 0.3) is 0 Å². The van der Waals surface area contributed by atoms with Crippen LogP contribution in [-0.4, -0.2) is 15.2 Å². The van der Waals surface area contributed by atoms with Crippen molar-refractivity contribution in [3.05, 3.63) is 22.7 Å². The molecule has 0 saturated heterocycles. The summed E-state index contributed by atoms with van der Waals surface area (Å²) in [4.78, 5) is 5.33. The van der Waals surface area contributed by atoms with Gasteiger partial charge in [0.15, 0.2) is 5.82 Å². The summed E-state index contributed by atoms with van der Waals surface area (Å²) in [5.74, 6) is 0.842. The van der Waals surface area contributed by atoms with E-state index in [0.29, 0.717) is 0 Å². The molecule has 0 aliphatic carbocycles. The third-order valence-corrected chi connectivity index (χ3v) is 2.28. The van der Waals surface area contributed by atoms with Gasteiger partial charge in [0.1, 0.15) is 6.33 Å². The molecule has 3 nitrogen and oxygen atoms in total. The molecule has 0 unspecified atom stereocenters. The zero-order valence-electron chi connectivity index (χ0n) is 6.03. The van der Waals surface area contributed by atoms with E-state index in [9.17, 15) is 0 Å². The number of aryl methyl sites for hydroxylation is 1. The number of hydrogen-bond donors (Lipinski definition) is 1. The van der Waals surface area contributed by atoms with Gasteiger partial charge in [-0.3, -0.25) is 5.10 Å². The van der Waals surface area contributed by atoms with Crippen LogP contribution >= 0.6 is 11.3 Å². The van der Waals surface area contributed by atoms with E-state index in [0.717, 1.165) is 11.4 Å². The Morgan fingerprint density at radius 2 is 2.45 bits per heavy atom. The van der Waals surface area contributed by atoms with Crippen LogP contribution in [0.1, 0.15) is 4.88 Å². The molecule has 56 valence electrons. The van der Waals surface area contributed by atoms with Crippen LogP contribution < -0.4 is 0 Å². The SMILES string of the molecule is Cc1cc(-c2ncn[nH]2)cs1. The number of H-pyrrole nitrogens is 1. The van der Waals surface area contributed by atoms with E-state index in [1.807, 2.05) is 0 Å². The fourth-order valence-corrected chi connectivity index (χ4v) is 1.60. The van der Waals surface area contributed by atoms with Gasteiger partial charge in [0.05, 0.1) is 0 Å². The van der Waals surface area contributed by atoms with Gasteiger partial charge in [-0.25, -0.2) is 4.98 Å². The van der Waals surface area contributed by atoms with Gasteiger partial charge >= 0.3 is 0 Å². The molecule has 0 aromatic carbocycles. The number of nitrogens with zero attached hydrogens (tertiary/aromatic N) is 2. The lowest BCUT2D eigenvalue weighted by Crippen LogP contribution is -1.74. The lowest BCUT2D eigenvalue weighted by molar-refractivity contribution is 1.10. The normalized spacial score (nSPS) is 10.3. The predicted octanol–water partition coefficient (Wildman–Crippen LogP) is 1.84. The van der Waals surface area contributed by atoms with Crippen molar-refractivity contribution < 1.29 is 0 Å². The Morgan fingerprint density at radius 1 is 1.55 bits per heavy atom. The molecule has 0 fully saturated rings. The molecule has 4 heteroatoms. The number of rotatable bonds is 1. The second-order valence-electron chi connectivity index (χ2n) is 2.28. The second kappa shape index (κ2) is 2.47. The van der Waals surface area contributed by atoms with Crippen LogP contribution in [0.5, 0.6) is 0 Å². The van der Waals surface area contributed by atoms with Gasteiger partial charge in [0, 0.05) is 15.8 Å². The van der Waals surface area contributed by atoms with E-state index in [-0.39, 0.29) is 0 Å². The van der Waals surface area contributed by atoms with Crippen molar-refractivity contribution in [2.75, 3.05) is 0 Å². The van der Waals surface area contributed by atoms with Crippen molar-refractivity contribution in [1.29, 1.82) is 0 Å². The van der Waals surface area contributed by atoms with Gasteiger partial charge in [-0.2, -0.15) is 5.10 Å². The first-order valence-corrected chi connectivity index (χ1v) is 4.15. The number of nitrogens with one attached hydrogen (secondary N) is 1. The Kier molecular flexibility index (Phi) is 1.47. The molecule has 0 spiro atoms. The average Bonchev–Trinajstić information content (AvgIpc) is 2.55. The molecule has 0 bridgehead atoms. The largest absolute Gasteiger partial charge is 0.259 e. The first kappa shape index (κ1) is 6.54. The first-order chi connectivity index (χ1) is 5.36. The maximum atomic E-state index is 4.04. The zero-order valence-corrected chi connectivity index (χ0v) is 6.85. The third-order valence-electron chi connectivity index (χ3n) is 1.42. The highest BCUT2D eigenvalue weighted by Gasteiger charge is 2.00. The van der Waals surface area contributed by atoms with E-state index in [4.69, 9.17) is 0 Å². The standard InChI is InChI=1S/C7H7N3S/c1-5-2-6(3-11-5)7-8-4-9-10-7/h2-4H,1H3,(H,8,9,10). The zero-order chi connectivity index (χ0) is 7.68. The maximum absolute atomic E-state index is 4.04. The van der Waals surface area contributed by atoms with Gasteiger partial charge in [-0.05, 0) is 13.0 Å². The monoisotopic (exact) mass is 165 g/mol. The Morgan fingerprint density at radius 3 is 3.00 bits per heavy atom. The molecule has 11 heavy (non-hydrogen) atoms. The predicted molar refractivity (Wildman–Crippen MR) is 44.4 cm³/mol. The summed E-state index contributed by atoms with van der Waals surface area (Å²) in [5.41, 5.74) is 1.12. The third kappa shape index (κ3) is 1.17. The Hall–Kier alpha value is -1.16. The summed E-state index contributed by atoms with van der Waals surface area (Å²) in [6.45, 7) is 2.07. The molecular weight excluding hydrogens is 158 g/mol. The van der Waals surface area contributed by atoms with Crippen LogP contribution in [0, 0.1) is 6.92 Å². The van der Waals surface area contributed by atoms with Crippen molar-refractivity contribution in [1.82, 2.24) is 15.2 Å². The fraction of sp³-hybridized carbons (Fsp3) is 0.143. The van der Waals surface area contributed by atoms with Crippen molar-refractivity contribution in [3.8, 4) is 11.4 Å². The van der Waals surface area contributed by atoms with Gasteiger partial charge < -0.3 is 0 Å². The van der Waals surface area contributed by atoms with Crippen LogP contribution in [0.3, 0.4) is 0 Å². The number of thiophene rings is 1. The summed E-state index contributed by atoms with van der Waals surface area (Å²) < 4.78 is 0. The number of aromatic nitrogens is 3. The average molecular weight is 165 g/mol. The Balaban J connectivity index is 2.45. The molecule has 2 aromatic rings. The first-order valence-electron chi connectivity index (χ1n) is 3.27. The van der Waals surface area contributed by atoms with E-state index in [2.05, 4.69) is 33.6 Å².